The zero-order valence-electron chi connectivity index (χ0n) is 19.9. The number of aromatic nitrogens is 3. The molecular weight excluding hydrogens is 463 g/mol. The molecule has 1 amide bonds. The molecule has 0 unspecified atom stereocenters. The SMILES string of the molecule is O=C(Cc1ccc(F)cc1)N1CCN(Cn2nc(CN3CCCC3)n(-c3ccccc3)c2=S)CC1. The van der Waals surface area contributed by atoms with Crippen molar-refractivity contribution >= 4 is 18.1 Å². The summed E-state index contributed by atoms with van der Waals surface area (Å²) >= 11 is 5.88. The van der Waals surface area contributed by atoms with Crippen LogP contribution in [0.1, 0.15) is 24.2 Å². The highest BCUT2D eigenvalue weighted by atomic mass is 32.1. The smallest absolute Gasteiger partial charge is 0.227 e. The van der Waals surface area contributed by atoms with Gasteiger partial charge in [0.05, 0.1) is 19.6 Å². The van der Waals surface area contributed by atoms with Gasteiger partial charge in [-0.05, 0) is 68.0 Å². The maximum Gasteiger partial charge on any atom is 0.227 e. The minimum Gasteiger partial charge on any atom is -0.340 e. The number of piperazine rings is 1. The summed E-state index contributed by atoms with van der Waals surface area (Å²) in [6, 6.07) is 16.3. The Kier molecular flexibility index (Phi) is 7.36. The van der Waals surface area contributed by atoms with E-state index in [9.17, 15) is 9.18 Å². The normalized spacial score (nSPS) is 17.2. The highest BCUT2D eigenvalue weighted by Crippen LogP contribution is 2.18. The number of likely N-dealkylation sites (tertiary alicyclic amines) is 1. The van der Waals surface area contributed by atoms with Crippen LogP contribution in [0.4, 0.5) is 4.39 Å². The van der Waals surface area contributed by atoms with E-state index in [0.717, 1.165) is 49.8 Å². The van der Waals surface area contributed by atoms with E-state index in [1.54, 1.807) is 12.1 Å². The van der Waals surface area contributed by atoms with E-state index >= 15 is 0 Å². The second-order valence-electron chi connectivity index (χ2n) is 9.30. The van der Waals surface area contributed by atoms with Crippen molar-refractivity contribution in [2.45, 2.75) is 32.5 Å². The van der Waals surface area contributed by atoms with Gasteiger partial charge in [-0.25, -0.2) is 9.07 Å². The molecule has 2 fully saturated rings. The Balaban J connectivity index is 1.25. The Morgan fingerprint density at radius 3 is 2.26 bits per heavy atom. The molecule has 9 heteroatoms. The Morgan fingerprint density at radius 2 is 1.57 bits per heavy atom. The molecule has 0 atom stereocenters. The number of nitrogens with zero attached hydrogens (tertiary/aromatic N) is 6. The van der Waals surface area contributed by atoms with E-state index in [1.165, 1.54) is 25.0 Å². The zero-order valence-corrected chi connectivity index (χ0v) is 20.7. The van der Waals surface area contributed by atoms with Gasteiger partial charge in [0.25, 0.3) is 0 Å². The van der Waals surface area contributed by atoms with Gasteiger partial charge in [0.1, 0.15) is 5.82 Å². The van der Waals surface area contributed by atoms with Crippen LogP contribution in [0, 0.1) is 10.6 Å². The molecule has 0 bridgehead atoms. The van der Waals surface area contributed by atoms with Crippen LogP contribution >= 0.6 is 12.2 Å². The monoisotopic (exact) mass is 494 g/mol. The van der Waals surface area contributed by atoms with Crippen molar-refractivity contribution in [1.29, 1.82) is 0 Å². The first-order chi connectivity index (χ1) is 17.1. The summed E-state index contributed by atoms with van der Waals surface area (Å²) in [6.45, 7) is 6.43. The standard InChI is InChI=1S/C26H31FN6OS/c27-22-10-8-21(9-11-22)18-25(34)31-16-14-30(15-17-31)20-32-26(35)33(23-6-2-1-3-7-23)24(28-32)19-29-12-4-5-13-29/h1-3,6-11H,4-5,12-20H2. The minimum absolute atomic E-state index is 0.0779. The van der Waals surface area contributed by atoms with Crippen LogP contribution in [0.2, 0.25) is 0 Å². The van der Waals surface area contributed by atoms with Crippen molar-refractivity contribution in [1.82, 2.24) is 29.0 Å². The van der Waals surface area contributed by atoms with Gasteiger partial charge in [0.2, 0.25) is 10.7 Å². The van der Waals surface area contributed by atoms with Gasteiger partial charge in [-0.1, -0.05) is 30.3 Å². The maximum absolute atomic E-state index is 13.1. The third-order valence-corrected chi connectivity index (χ3v) is 7.21. The average Bonchev–Trinajstić information content (AvgIpc) is 3.49. The molecule has 2 aliphatic rings. The van der Waals surface area contributed by atoms with Crippen LogP contribution in [-0.4, -0.2) is 74.2 Å². The summed E-state index contributed by atoms with van der Waals surface area (Å²) < 4.78 is 17.8. The van der Waals surface area contributed by atoms with Crippen LogP contribution < -0.4 is 0 Å². The molecule has 0 saturated carbocycles. The Bertz CT molecular complexity index is 1190. The number of carbonyl (C=O) groups is 1. The van der Waals surface area contributed by atoms with Crippen LogP contribution in [0.25, 0.3) is 5.69 Å². The van der Waals surface area contributed by atoms with Gasteiger partial charge in [0, 0.05) is 31.9 Å². The van der Waals surface area contributed by atoms with Gasteiger partial charge in [-0.2, -0.15) is 5.10 Å². The summed E-state index contributed by atoms with van der Waals surface area (Å²) in [5.41, 5.74) is 1.87. The molecule has 2 aliphatic heterocycles. The first kappa shape index (κ1) is 23.8. The maximum atomic E-state index is 13.1. The van der Waals surface area contributed by atoms with Crippen molar-refractivity contribution in [3.05, 3.63) is 76.6 Å². The lowest BCUT2D eigenvalue weighted by molar-refractivity contribution is -0.132. The summed E-state index contributed by atoms with van der Waals surface area (Å²) in [7, 11) is 0. The number of hydrogen-bond donors (Lipinski definition) is 0. The molecule has 7 nitrogen and oxygen atoms in total. The number of hydrogen-bond acceptors (Lipinski definition) is 5. The molecule has 0 spiro atoms. The molecule has 3 heterocycles. The summed E-state index contributed by atoms with van der Waals surface area (Å²) in [5.74, 6) is 0.761. The second kappa shape index (κ2) is 10.8. The Morgan fingerprint density at radius 1 is 0.886 bits per heavy atom. The van der Waals surface area contributed by atoms with Gasteiger partial charge < -0.3 is 4.90 Å². The van der Waals surface area contributed by atoms with Gasteiger partial charge in [-0.3, -0.25) is 19.2 Å². The average molecular weight is 495 g/mol. The molecular formula is C26H31FN6OS. The third-order valence-electron chi connectivity index (χ3n) is 6.81. The molecule has 1 aromatic heterocycles. The molecule has 2 saturated heterocycles. The molecule has 184 valence electrons. The van der Waals surface area contributed by atoms with Crippen molar-refractivity contribution in [2.24, 2.45) is 0 Å². The van der Waals surface area contributed by atoms with Crippen molar-refractivity contribution < 1.29 is 9.18 Å². The van der Waals surface area contributed by atoms with E-state index < -0.39 is 0 Å². The van der Waals surface area contributed by atoms with Crippen LogP contribution in [0.15, 0.2) is 54.6 Å². The predicted molar refractivity (Wildman–Crippen MR) is 135 cm³/mol. The number of carbonyl (C=O) groups excluding carboxylic acids is 1. The molecule has 3 aromatic rings. The van der Waals surface area contributed by atoms with Crippen molar-refractivity contribution in [3.8, 4) is 5.69 Å². The zero-order chi connectivity index (χ0) is 24.2. The Labute approximate surface area is 210 Å². The number of halogens is 1. The minimum atomic E-state index is -0.285. The fourth-order valence-electron chi connectivity index (χ4n) is 4.84. The Hall–Kier alpha value is -2.88. The highest BCUT2D eigenvalue weighted by molar-refractivity contribution is 7.71. The van der Waals surface area contributed by atoms with E-state index in [1.807, 2.05) is 27.8 Å². The highest BCUT2D eigenvalue weighted by Gasteiger charge is 2.23. The first-order valence-corrected chi connectivity index (χ1v) is 12.7. The second-order valence-corrected chi connectivity index (χ2v) is 9.66. The van der Waals surface area contributed by atoms with E-state index in [-0.39, 0.29) is 11.7 Å². The third kappa shape index (κ3) is 5.69. The van der Waals surface area contributed by atoms with Gasteiger partial charge in [0.15, 0.2) is 5.82 Å². The predicted octanol–water partition coefficient (Wildman–Crippen LogP) is 3.48. The quantitative estimate of drug-likeness (QED) is 0.471. The van der Waals surface area contributed by atoms with Crippen LogP contribution in [0.5, 0.6) is 0 Å². The molecule has 0 radical (unpaired) electrons. The largest absolute Gasteiger partial charge is 0.340 e. The lowest BCUT2D eigenvalue weighted by Crippen LogP contribution is -2.49. The molecule has 0 aliphatic carbocycles. The van der Waals surface area contributed by atoms with E-state index in [2.05, 4.69) is 26.5 Å². The summed E-state index contributed by atoms with van der Waals surface area (Å²) in [5, 5.41) is 4.94. The summed E-state index contributed by atoms with van der Waals surface area (Å²) in [4.78, 5) is 19.3. The number of amides is 1. The summed E-state index contributed by atoms with van der Waals surface area (Å²) in [6.07, 6.45) is 2.76. The first-order valence-electron chi connectivity index (χ1n) is 12.3. The molecule has 2 aromatic carbocycles. The van der Waals surface area contributed by atoms with Gasteiger partial charge in [-0.15, -0.1) is 0 Å². The van der Waals surface area contributed by atoms with Crippen molar-refractivity contribution in [3.63, 3.8) is 0 Å². The molecule has 0 N–H and O–H groups in total. The lowest BCUT2D eigenvalue weighted by Gasteiger charge is -2.34. The topological polar surface area (TPSA) is 49.5 Å². The van der Waals surface area contributed by atoms with Gasteiger partial charge >= 0.3 is 0 Å². The fraction of sp³-hybridized carbons (Fsp3) is 0.423. The van der Waals surface area contributed by atoms with E-state index in [4.69, 9.17) is 17.3 Å². The van der Waals surface area contributed by atoms with Crippen molar-refractivity contribution in [2.75, 3.05) is 39.3 Å². The lowest BCUT2D eigenvalue weighted by atomic mass is 10.1. The fourth-order valence-corrected chi connectivity index (χ4v) is 5.15. The van der Waals surface area contributed by atoms with Crippen LogP contribution in [-0.2, 0) is 24.4 Å². The van der Waals surface area contributed by atoms with Crippen LogP contribution in [0.3, 0.4) is 0 Å². The number of rotatable bonds is 7. The molecule has 5 rings (SSSR count). The number of para-hydroxylation sites is 1. The molecule has 35 heavy (non-hydrogen) atoms. The van der Waals surface area contributed by atoms with E-state index in [0.29, 0.717) is 31.0 Å². The number of benzene rings is 2.